The number of nitrogens with one attached hydrogen (secondary N) is 1. The maximum Gasteiger partial charge on any atom is 0.265 e. The molecule has 1 amide bonds. The van der Waals surface area contributed by atoms with E-state index >= 15 is 0 Å². The fraction of sp³-hybridized carbons (Fsp3) is 0.417. The molecule has 1 aromatic carbocycles. The number of hydrazine groups is 1. The number of aryl methyl sites for hydroxylation is 1. The van der Waals surface area contributed by atoms with Gasteiger partial charge in [0.15, 0.2) is 0 Å². The van der Waals surface area contributed by atoms with E-state index in [1.807, 2.05) is 36.2 Å². The molecular weight excluding hydrogens is 204 g/mol. The van der Waals surface area contributed by atoms with E-state index in [9.17, 15) is 4.79 Å². The number of carbonyl (C=O) groups excluding carboxylic acids is 1. The first-order valence-electron chi connectivity index (χ1n) is 5.46. The van der Waals surface area contributed by atoms with Crippen molar-refractivity contribution in [1.82, 2.24) is 10.4 Å². The molecule has 4 heteroatoms. The van der Waals surface area contributed by atoms with Crippen molar-refractivity contribution in [1.29, 1.82) is 0 Å². The maximum absolute atomic E-state index is 11.9. The van der Waals surface area contributed by atoms with Gasteiger partial charge in [0.05, 0.1) is 13.2 Å². The second kappa shape index (κ2) is 5.09. The highest BCUT2D eigenvalue weighted by Gasteiger charge is 2.14. The van der Waals surface area contributed by atoms with Gasteiger partial charge in [0.1, 0.15) is 0 Å². The molecule has 0 atom stereocenters. The van der Waals surface area contributed by atoms with E-state index in [0.717, 1.165) is 24.2 Å². The van der Waals surface area contributed by atoms with Crippen LogP contribution in [0.3, 0.4) is 0 Å². The smallest absolute Gasteiger partial charge is 0.265 e. The van der Waals surface area contributed by atoms with Crippen LogP contribution in [0.1, 0.15) is 15.9 Å². The fourth-order valence-corrected chi connectivity index (χ4v) is 1.71. The second-order valence-electron chi connectivity index (χ2n) is 3.86. The molecule has 86 valence electrons. The lowest BCUT2D eigenvalue weighted by atomic mass is 10.1. The Morgan fingerprint density at radius 1 is 1.31 bits per heavy atom. The molecule has 16 heavy (non-hydrogen) atoms. The molecule has 1 N–H and O–H groups in total. The van der Waals surface area contributed by atoms with Crippen molar-refractivity contribution in [2.24, 2.45) is 0 Å². The van der Waals surface area contributed by atoms with Crippen molar-refractivity contribution >= 4 is 5.91 Å². The van der Waals surface area contributed by atoms with Gasteiger partial charge in [-0.05, 0) is 18.6 Å². The third-order valence-corrected chi connectivity index (χ3v) is 2.66. The first-order chi connectivity index (χ1) is 7.77. The van der Waals surface area contributed by atoms with Crippen LogP contribution in [0.25, 0.3) is 0 Å². The number of hydrogen-bond acceptors (Lipinski definition) is 3. The summed E-state index contributed by atoms with van der Waals surface area (Å²) in [5.74, 6) is -0.0417. The lowest BCUT2D eigenvalue weighted by Gasteiger charge is -2.27. The molecule has 0 saturated carbocycles. The Balaban J connectivity index is 2.00. The highest BCUT2D eigenvalue weighted by molar-refractivity contribution is 5.95. The van der Waals surface area contributed by atoms with E-state index in [1.54, 1.807) is 0 Å². The number of hydrogen-bond donors (Lipinski definition) is 1. The number of carbonyl (C=O) groups is 1. The van der Waals surface area contributed by atoms with Gasteiger partial charge in [0, 0.05) is 18.7 Å². The van der Waals surface area contributed by atoms with Crippen LogP contribution < -0.4 is 5.43 Å². The molecule has 0 aromatic heterocycles. The highest BCUT2D eigenvalue weighted by Crippen LogP contribution is 2.07. The van der Waals surface area contributed by atoms with Crippen LogP contribution in [0.15, 0.2) is 24.3 Å². The van der Waals surface area contributed by atoms with Crippen molar-refractivity contribution in [2.45, 2.75) is 6.92 Å². The summed E-state index contributed by atoms with van der Waals surface area (Å²) in [6.45, 7) is 4.78. The lowest BCUT2D eigenvalue weighted by molar-refractivity contribution is 0.0126. The number of ether oxygens (including phenoxy) is 1. The summed E-state index contributed by atoms with van der Waals surface area (Å²) in [7, 11) is 0. The van der Waals surface area contributed by atoms with E-state index in [0.29, 0.717) is 13.2 Å². The number of benzene rings is 1. The monoisotopic (exact) mass is 220 g/mol. The predicted octanol–water partition coefficient (Wildman–Crippen LogP) is 0.972. The SMILES string of the molecule is Cc1ccccc1C(=O)NN1CCOCC1. The van der Waals surface area contributed by atoms with Crippen LogP contribution in [0.4, 0.5) is 0 Å². The summed E-state index contributed by atoms with van der Waals surface area (Å²) in [4.78, 5) is 11.9. The number of rotatable bonds is 2. The van der Waals surface area contributed by atoms with Gasteiger partial charge in [-0.1, -0.05) is 18.2 Å². The molecule has 1 heterocycles. The zero-order valence-electron chi connectivity index (χ0n) is 9.40. The summed E-state index contributed by atoms with van der Waals surface area (Å²) >= 11 is 0. The van der Waals surface area contributed by atoms with E-state index < -0.39 is 0 Å². The minimum atomic E-state index is -0.0417. The van der Waals surface area contributed by atoms with Crippen LogP contribution >= 0.6 is 0 Å². The second-order valence-corrected chi connectivity index (χ2v) is 3.86. The Morgan fingerprint density at radius 3 is 2.69 bits per heavy atom. The zero-order valence-corrected chi connectivity index (χ0v) is 9.40. The van der Waals surface area contributed by atoms with Crippen molar-refractivity contribution in [3.8, 4) is 0 Å². The summed E-state index contributed by atoms with van der Waals surface area (Å²) in [6.07, 6.45) is 0. The van der Waals surface area contributed by atoms with Crippen molar-refractivity contribution in [3.63, 3.8) is 0 Å². The largest absolute Gasteiger partial charge is 0.379 e. The highest BCUT2D eigenvalue weighted by atomic mass is 16.5. The Hall–Kier alpha value is -1.39. The van der Waals surface area contributed by atoms with Crippen molar-refractivity contribution in [2.75, 3.05) is 26.3 Å². The maximum atomic E-state index is 11.9. The first kappa shape index (κ1) is 11.1. The van der Waals surface area contributed by atoms with Gasteiger partial charge in [-0.15, -0.1) is 0 Å². The number of morpholine rings is 1. The number of nitrogens with zero attached hydrogens (tertiary/aromatic N) is 1. The molecule has 0 bridgehead atoms. The molecule has 1 aliphatic heterocycles. The third kappa shape index (κ3) is 2.59. The Morgan fingerprint density at radius 2 is 2.00 bits per heavy atom. The quantitative estimate of drug-likeness (QED) is 0.807. The van der Waals surface area contributed by atoms with Crippen LogP contribution in [0, 0.1) is 6.92 Å². The van der Waals surface area contributed by atoms with Crippen LogP contribution in [-0.2, 0) is 4.74 Å². The first-order valence-corrected chi connectivity index (χ1v) is 5.46. The van der Waals surface area contributed by atoms with Crippen LogP contribution in [0.2, 0.25) is 0 Å². The zero-order chi connectivity index (χ0) is 11.4. The Kier molecular flexibility index (Phi) is 3.54. The van der Waals surface area contributed by atoms with Crippen molar-refractivity contribution < 1.29 is 9.53 Å². The minimum absolute atomic E-state index is 0.0417. The summed E-state index contributed by atoms with van der Waals surface area (Å²) in [5.41, 5.74) is 4.61. The number of amides is 1. The summed E-state index contributed by atoms with van der Waals surface area (Å²) in [6, 6.07) is 7.58. The predicted molar refractivity (Wildman–Crippen MR) is 61.0 cm³/mol. The van der Waals surface area contributed by atoms with E-state index in [2.05, 4.69) is 5.43 Å². The van der Waals surface area contributed by atoms with Gasteiger partial charge in [0.2, 0.25) is 0 Å². The molecular formula is C12H16N2O2. The Labute approximate surface area is 95.2 Å². The fourth-order valence-electron chi connectivity index (χ4n) is 1.71. The average Bonchev–Trinajstić information content (AvgIpc) is 2.31. The third-order valence-electron chi connectivity index (χ3n) is 2.66. The van der Waals surface area contributed by atoms with Crippen LogP contribution in [-0.4, -0.2) is 37.2 Å². The van der Waals surface area contributed by atoms with E-state index in [4.69, 9.17) is 4.74 Å². The topological polar surface area (TPSA) is 41.6 Å². The van der Waals surface area contributed by atoms with Crippen molar-refractivity contribution in [3.05, 3.63) is 35.4 Å². The van der Waals surface area contributed by atoms with Gasteiger partial charge >= 0.3 is 0 Å². The normalized spacial score (nSPS) is 17.1. The molecule has 0 radical (unpaired) electrons. The molecule has 1 aromatic rings. The molecule has 4 nitrogen and oxygen atoms in total. The van der Waals surface area contributed by atoms with Gasteiger partial charge in [-0.25, -0.2) is 5.01 Å². The van der Waals surface area contributed by atoms with Gasteiger partial charge < -0.3 is 4.74 Å². The lowest BCUT2D eigenvalue weighted by Crippen LogP contribution is -2.48. The Bertz CT molecular complexity index is 373. The van der Waals surface area contributed by atoms with E-state index in [-0.39, 0.29) is 5.91 Å². The molecule has 1 aliphatic rings. The van der Waals surface area contributed by atoms with Gasteiger partial charge in [0.25, 0.3) is 5.91 Å². The molecule has 1 fully saturated rings. The summed E-state index contributed by atoms with van der Waals surface area (Å²) < 4.78 is 5.22. The van der Waals surface area contributed by atoms with Crippen LogP contribution in [0.5, 0.6) is 0 Å². The molecule has 1 saturated heterocycles. The van der Waals surface area contributed by atoms with E-state index in [1.165, 1.54) is 0 Å². The van der Waals surface area contributed by atoms with Gasteiger partial charge in [-0.2, -0.15) is 0 Å². The molecule has 0 unspecified atom stereocenters. The average molecular weight is 220 g/mol. The molecule has 2 rings (SSSR count). The minimum Gasteiger partial charge on any atom is -0.379 e. The molecule has 0 spiro atoms. The molecule has 0 aliphatic carbocycles. The van der Waals surface area contributed by atoms with Gasteiger partial charge in [-0.3, -0.25) is 10.2 Å². The standard InChI is InChI=1S/C12H16N2O2/c1-10-4-2-3-5-11(10)12(15)13-14-6-8-16-9-7-14/h2-5H,6-9H2,1H3,(H,13,15). The summed E-state index contributed by atoms with van der Waals surface area (Å²) in [5, 5.41) is 1.90.